The van der Waals surface area contributed by atoms with Gasteiger partial charge in [-0.25, -0.2) is 9.78 Å². The van der Waals surface area contributed by atoms with E-state index in [9.17, 15) is 9.59 Å². The Morgan fingerprint density at radius 3 is 2.77 bits per heavy atom. The highest BCUT2D eigenvalue weighted by Gasteiger charge is 2.29. The summed E-state index contributed by atoms with van der Waals surface area (Å²) in [6.45, 7) is 1.99. The predicted molar refractivity (Wildman–Crippen MR) is 107 cm³/mol. The van der Waals surface area contributed by atoms with Crippen molar-refractivity contribution in [2.45, 2.75) is 19.4 Å². The lowest BCUT2D eigenvalue weighted by molar-refractivity contribution is 0.0600. The van der Waals surface area contributed by atoms with E-state index in [1.807, 2.05) is 7.05 Å². The monoisotopic (exact) mass is 409 g/mol. The van der Waals surface area contributed by atoms with Crippen molar-refractivity contribution in [1.29, 1.82) is 0 Å². The molecular weight excluding hydrogens is 386 g/mol. The number of piperidine rings is 1. The fraction of sp³-hybridized carbons (Fsp3) is 0.381. The van der Waals surface area contributed by atoms with Crippen LogP contribution in [0.2, 0.25) is 0 Å². The Balaban J connectivity index is 1.40. The van der Waals surface area contributed by atoms with Crippen LogP contribution in [0.4, 0.5) is 0 Å². The maximum atomic E-state index is 12.8. The minimum absolute atomic E-state index is 0.0733. The number of esters is 1. The fourth-order valence-corrected chi connectivity index (χ4v) is 3.70. The van der Waals surface area contributed by atoms with Crippen LogP contribution >= 0.6 is 0 Å². The standard InChI is InChI=1S/C21H23N5O4/c1-25-11-9-22-20(25)18(27)16-4-3-10-26(12-16)13-17-23-19(24-30-17)14-5-7-15(8-6-14)21(28)29-2/h5-9,11,16H,3-4,10,12-13H2,1-2H3/t16-/m1/s1. The lowest BCUT2D eigenvalue weighted by atomic mass is 9.93. The van der Waals surface area contributed by atoms with Crippen molar-refractivity contribution >= 4 is 11.8 Å². The van der Waals surface area contributed by atoms with Gasteiger partial charge in [0.2, 0.25) is 17.5 Å². The van der Waals surface area contributed by atoms with Gasteiger partial charge in [0.25, 0.3) is 0 Å². The molecule has 9 heteroatoms. The first-order valence-electron chi connectivity index (χ1n) is 9.80. The zero-order valence-electron chi connectivity index (χ0n) is 16.9. The molecule has 0 spiro atoms. The van der Waals surface area contributed by atoms with Crippen molar-refractivity contribution in [1.82, 2.24) is 24.6 Å². The van der Waals surface area contributed by atoms with Crippen molar-refractivity contribution in [3.05, 3.63) is 53.9 Å². The van der Waals surface area contributed by atoms with Crippen molar-refractivity contribution < 1.29 is 18.8 Å². The number of likely N-dealkylation sites (tertiary alicyclic amines) is 1. The van der Waals surface area contributed by atoms with Crippen LogP contribution in [0.5, 0.6) is 0 Å². The molecular formula is C21H23N5O4. The molecule has 1 atom stereocenters. The molecule has 1 fully saturated rings. The number of methoxy groups -OCH3 is 1. The second-order valence-electron chi connectivity index (χ2n) is 7.38. The molecule has 3 heterocycles. The highest BCUT2D eigenvalue weighted by molar-refractivity contribution is 5.95. The van der Waals surface area contributed by atoms with E-state index in [1.54, 1.807) is 41.2 Å². The highest BCUT2D eigenvalue weighted by atomic mass is 16.5. The van der Waals surface area contributed by atoms with E-state index in [4.69, 9.17) is 9.26 Å². The summed E-state index contributed by atoms with van der Waals surface area (Å²) in [4.78, 5) is 35.1. The van der Waals surface area contributed by atoms with Crippen molar-refractivity contribution in [3.8, 4) is 11.4 Å². The number of ketones is 1. The smallest absolute Gasteiger partial charge is 0.337 e. The second-order valence-corrected chi connectivity index (χ2v) is 7.38. The number of aryl methyl sites for hydroxylation is 1. The topological polar surface area (TPSA) is 103 Å². The minimum Gasteiger partial charge on any atom is -0.465 e. The highest BCUT2D eigenvalue weighted by Crippen LogP contribution is 2.23. The van der Waals surface area contributed by atoms with Gasteiger partial charge < -0.3 is 13.8 Å². The Bertz CT molecular complexity index is 1040. The summed E-state index contributed by atoms with van der Waals surface area (Å²) in [6, 6.07) is 6.83. The zero-order chi connectivity index (χ0) is 21.1. The Labute approximate surface area is 173 Å². The average molecular weight is 409 g/mol. The molecule has 1 aromatic carbocycles. The molecule has 0 bridgehead atoms. The number of carbonyl (C=O) groups excluding carboxylic acids is 2. The molecule has 2 aromatic heterocycles. The summed E-state index contributed by atoms with van der Waals surface area (Å²) < 4.78 is 11.9. The number of hydrogen-bond donors (Lipinski definition) is 0. The maximum Gasteiger partial charge on any atom is 0.337 e. The number of benzene rings is 1. The Hall–Kier alpha value is -3.33. The number of rotatable bonds is 6. The Kier molecular flexibility index (Phi) is 5.71. The van der Waals surface area contributed by atoms with Crippen LogP contribution in [0.1, 0.15) is 39.7 Å². The summed E-state index contributed by atoms with van der Waals surface area (Å²) in [5.74, 6) is 1.04. The molecule has 0 N–H and O–H groups in total. The number of aromatic nitrogens is 4. The third kappa shape index (κ3) is 4.16. The summed E-state index contributed by atoms with van der Waals surface area (Å²) >= 11 is 0. The van der Waals surface area contributed by atoms with Crippen LogP contribution in [0.15, 0.2) is 41.2 Å². The molecule has 156 valence electrons. The van der Waals surface area contributed by atoms with E-state index < -0.39 is 5.97 Å². The second kappa shape index (κ2) is 8.58. The molecule has 0 aliphatic carbocycles. The normalized spacial score (nSPS) is 17.1. The van der Waals surface area contributed by atoms with E-state index in [0.717, 1.165) is 24.9 Å². The lowest BCUT2D eigenvalue weighted by Crippen LogP contribution is -2.39. The van der Waals surface area contributed by atoms with Crippen molar-refractivity contribution in [3.63, 3.8) is 0 Å². The van der Waals surface area contributed by atoms with E-state index in [-0.39, 0.29) is 11.7 Å². The summed E-state index contributed by atoms with van der Waals surface area (Å²) in [5.41, 5.74) is 1.21. The van der Waals surface area contributed by atoms with Gasteiger partial charge in [-0.1, -0.05) is 17.3 Å². The first-order chi connectivity index (χ1) is 14.5. The van der Waals surface area contributed by atoms with Gasteiger partial charge in [0, 0.05) is 37.5 Å². The van der Waals surface area contributed by atoms with Gasteiger partial charge in [-0.2, -0.15) is 4.98 Å². The van der Waals surface area contributed by atoms with E-state index >= 15 is 0 Å². The van der Waals surface area contributed by atoms with Crippen LogP contribution in [-0.4, -0.2) is 56.5 Å². The molecule has 9 nitrogen and oxygen atoms in total. The van der Waals surface area contributed by atoms with Crippen LogP contribution < -0.4 is 0 Å². The number of hydrogen-bond acceptors (Lipinski definition) is 8. The molecule has 1 saturated heterocycles. The third-order valence-corrected chi connectivity index (χ3v) is 5.31. The molecule has 0 unspecified atom stereocenters. The predicted octanol–water partition coefficient (Wildman–Crippen LogP) is 2.35. The van der Waals surface area contributed by atoms with Crippen LogP contribution in [0.25, 0.3) is 11.4 Å². The van der Waals surface area contributed by atoms with E-state index in [0.29, 0.717) is 36.2 Å². The maximum absolute atomic E-state index is 12.8. The molecule has 1 aliphatic rings. The summed E-state index contributed by atoms with van der Waals surface area (Å²) in [5, 5.41) is 4.04. The summed E-state index contributed by atoms with van der Waals surface area (Å²) in [7, 11) is 3.18. The zero-order valence-corrected chi connectivity index (χ0v) is 16.9. The fourth-order valence-electron chi connectivity index (χ4n) is 3.70. The Morgan fingerprint density at radius 2 is 2.07 bits per heavy atom. The van der Waals surface area contributed by atoms with E-state index in [2.05, 4.69) is 20.0 Å². The Morgan fingerprint density at radius 1 is 1.27 bits per heavy atom. The quantitative estimate of drug-likeness (QED) is 0.451. The molecule has 0 radical (unpaired) electrons. The molecule has 3 aromatic rings. The van der Waals surface area contributed by atoms with Crippen molar-refractivity contribution in [2.24, 2.45) is 13.0 Å². The summed E-state index contributed by atoms with van der Waals surface area (Å²) in [6.07, 6.45) is 5.21. The van der Waals surface area contributed by atoms with Gasteiger partial charge in [0.05, 0.1) is 19.2 Å². The van der Waals surface area contributed by atoms with Crippen LogP contribution in [0.3, 0.4) is 0 Å². The van der Waals surface area contributed by atoms with Gasteiger partial charge >= 0.3 is 5.97 Å². The molecule has 0 amide bonds. The van der Waals surface area contributed by atoms with Gasteiger partial charge in [-0.3, -0.25) is 9.69 Å². The lowest BCUT2D eigenvalue weighted by Gasteiger charge is -2.30. The minimum atomic E-state index is -0.393. The number of nitrogens with zero attached hydrogens (tertiary/aromatic N) is 5. The SMILES string of the molecule is COC(=O)c1ccc(-c2noc(CN3CCC[C@@H](C(=O)c4nccn4C)C3)n2)cc1. The largest absolute Gasteiger partial charge is 0.465 e. The first-order valence-corrected chi connectivity index (χ1v) is 9.80. The van der Waals surface area contributed by atoms with E-state index in [1.165, 1.54) is 7.11 Å². The van der Waals surface area contributed by atoms with Crippen LogP contribution in [-0.2, 0) is 18.3 Å². The number of imidazole rings is 1. The number of ether oxygens (including phenoxy) is 1. The van der Waals surface area contributed by atoms with Gasteiger partial charge in [-0.15, -0.1) is 0 Å². The number of carbonyl (C=O) groups is 2. The molecule has 1 aliphatic heterocycles. The van der Waals surface area contributed by atoms with Crippen LogP contribution in [0, 0.1) is 5.92 Å². The average Bonchev–Trinajstić information content (AvgIpc) is 3.42. The third-order valence-electron chi connectivity index (χ3n) is 5.31. The van der Waals surface area contributed by atoms with Gasteiger partial charge in [0.1, 0.15) is 0 Å². The number of Topliss-reactive ketones (excluding diaryl/α,β-unsaturated/α-hetero) is 1. The van der Waals surface area contributed by atoms with Gasteiger partial charge in [-0.05, 0) is 31.5 Å². The van der Waals surface area contributed by atoms with Crippen molar-refractivity contribution in [2.75, 3.05) is 20.2 Å². The first kappa shape index (κ1) is 20.0. The van der Waals surface area contributed by atoms with Gasteiger partial charge in [0.15, 0.2) is 5.82 Å². The molecule has 4 rings (SSSR count). The molecule has 0 saturated carbocycles. The molecule has 30 heavy (non-hydrogen) atoms.